The minimum absolute atomic E-state index is 0.0359. The minimum atomic E-state index is -3.91. The first-order valence-electron chi connectivity index (χ1n) is 11.5. The van der Waals surface area contributed by atoms with Crippen LogP contribution in [-0.2, 0) is 14.8 Å². The molecular formula is C22H29N5O6S. The number of rotatable bonds is 8. The molecule has 1 aromatic carbocycles. The van der Waals surface area contributed by atoms with E-state index in [9.17, 15) is 23.3 Å². The molecule has 2 aliphatic rings. The predicted molar refractivity (Wildman–Crippen MR) is 121 cm³/mol. The highest BCUT2D eigenvalue weighted by atomic mass is 32.2. The van der Waals surface area contributed by atoms with Crippen molar-refractivity contribution in [2.45, 2.75) is 63.3 Å². The number of nitrogens with one attached hydrogen (secondary N) is 1. The van der Waals surface area contributed by atoms with E-state index in [0.29, 0.717) is 36.0 Å². The first kappa shape index (κ1) is 24.3. The molecule has 1 aliphatic heterocycles. The fourth-order valence-electron chi connectivity index (χ4n) is 4.14. The molecule has 1 saturated carbocycles. The van der Waals surface area contributed by atoms with Crippen molar-refractivity contribution < 1.29 is 22.7 Å². The van der Waals surface area contributed by atoms with Crippen molar-refractivity contribution >= 4 is 21.6 Å². The molecule has 0 bridgehead atoms. The van der Waals surface area contributed by atoms with Gasteiger partial charge in [0.05, 0.1) is 9.82 Å². The number of piperidine rings is 1. The molecule has 11 nitrogen and oxygen atoms in total. The number of amides is 1. The maximum Gasteiger partial charge on any atom is 0.270 e. The lowest BCUT2D eigenvalue weighted by atomic mass is 9.95. The van der Waals surface area contributed by atoms with Gasteiger partial charge >= 0.3 is 0 Å². The smallest absolute Gasteiger partial charge is 0.270 e. The molecule has 2 fully saturated rings. The lowest BCUT2D eigenvalue weighted by Gasteiger charge is -2.31. The molecule has 1 saturated heterocycles. The molecule has 1 atom stereocenters. The van der Waals surface area contributed by atoms with E-state index in [4.69, 9.17) is 4.52 Å². The van der Waals surface area contributed by atoms with Crippen LogP contribution in [0.3, 0.4) is 0 Å². The van der Waals surface area contributed by atoms with Crippen LogP contribution in [0.1, 0.15) is 68.8 Å². The summed E-state index contributed by atoms with van der Waals surface area (Å²) < 4.78 is 33.0. The fourth-order valence-corrected chi connectivity index (χ4v) is 5.86. The molecule has 34 heavy (non-hydrogen) atoms. The van der Waals surface area contributed by atoms with Gasteiger partial charge in [-0.3, -0.25) is 14.9 Å². The topological polar surface area (TPSA) is 149 Å². The van der Waals surface area contributed by atoms with Gasteiger partial charge in [-0.2, -0.15) is 9.29 Å². The minimum Gasteiger partial charge on any atom is -0.344 e. The first-order valence-corrected chi connectivity index (χ1v) is 12.9. The summed E-state index contributed by atoms with van der Waals surface area (Å²) >= 11 is 0. The molecule has 1 aliphatic carbocycles. The van der Waals surface area contributed by atoms with Gasteiger partial charge in [0.15, 0.2) is 5.82 Å². The number of aromatic nitrogens is 2. The summed E-state index contributed by atoms with van der Waals surface area (Å²) in [5.74, 6) is 0.935. The Bertz CT molecular complexity index is 1180. The number of carbonyl (C=O) groups excluding carboxylic acids is 1. The Labute approximate surface area is 198 Å². The largest absolute Gasteiger partial charge is 0.344 e. The van der Waals surface area contributed by atoms with Crippen molar-refractivity contribution in [1.29, 1.82) is 0 Å². The van der Waals surface area contributed by atoms with E-state index in [-0.39, 0.29) is 41.4 Å². The molecule has 1 amide bonds. The van der Waals surface area contributed by atoms with Gasteiger partial charge in [-0.25, -0.2) is 8.42 Å². The standard InChI is InChI=1S/C22H29N5O6S/c1-13(2)19(22-24-20(25-33-22)15-5-6-15)23-21(28)16-8-10-26(11-9-16)34(31,32)18-12-17(27(29)30)7-4-14(18)3/h4,7,12-13,15-16,19H,5-6,8-11H2,1-3H3,(H,23,28). The number of nitro groups is 1. The molecule has 2 heterocycles. The maximum absolute atomic E-state index is 13.1. The van der Waals surface area contributed by atoms with Crippen LogP contribution in [-0.4, -0.2) is 46.8 Å². The number of nitrogens with zero attached hydrogens (tertiary/aromatic N) is 4. The zero-order valence-electron chi connectivity index (χ0n) is 19.4. The van der Waals surface area contributed by atoms with Crippen LogP contribution in [0.2, 0.25) is 0 Å². The number of sulfonamides is 1. The Morgan fingerprint density at radius 2 is 1.91 bits per heavy atom. The van der Waals surface area contributed by atoms with Gasteiger partial charge in [0.1, 0.15) is 6.04 Å². The lowest BCUT2D eigenvalue weighted by molar-refractivity contribution is -0.385. The van der Waals surface area contributed by atoms with Crippen LogP contribution < -0.4 is 5.32 Å². The molecule has 1 N–H and O–H groups in total. The number of carbonyl (C=O) groups is 1. The second-order valence-electron chi connectivity index (χ2n) is 9.38. The third-order valence-corrected chi connectivity index (χ3v) is 8.50. The van der Waals surface area contributed by atoms with Crippen molar-refractivity contribution in [3.05, 3.63) is 45.6 Å². The Balaban J connectivity index is 1.41. The Morgan fingerprint density at radius 3 is 2.50 bits per heavy atom. The van der Waals surface area contributed by atoms with Crippen molar-refractivity contribution in [3.63, 3.8) is 0 Å². The number of aryl methyl sites for hydroxylation is 1. The number of benzene rings is 1. The summed E-state index contributed by atoms with van der Waals surface area (Å²) in [6.07, 6.45) is 2.80. The van der Waals surface area contributed by atoms with E-state index < -0.39 is 21.0 Å². The third kappa shape index (κ3) is 4.97. The zero-order valence-corrected chi connectivity index (χ0v) is 20.2. The SMILES string of the molecule is Cc1ccc([N+](=O)[O-])cc1S(=O)(=O)N1CCC(C(=O)NC(c2nc(C3CC3)no2)C(C)C)CC1. The number of hydrogen-bond acceptors (Lipinski definition) is 8. The highest BCUT2D eigenvalue weighted by Gasteiger charge is 2.36. The lowest BCUT2D eigenvalue weighted by Crippen LogP contribution is -2.44. The fraction of sp³-hybridized carbons (Fsp3) is 0.591. The van der Waals surface area contributed by atoms with Gasteiger partial charge in [-0.05, 0) is 44.1 Å². The van der Waals surface area contributed by atoms with Crippen LogP contribution in [0.4, 0.5) is 5.69 Å². The van der Waals surface area contributed by atoms with Crippen molar-refractivity contribution in [3.8, 4) is 0 Å². The van der Waals surface area contributed by atoms with E-state index in [0.717, 1.165) is 18.9 Å². The van der Waals surface area contributed by atoms with Gasteiger partial charge in [-0.15, -0.1) is 0 Å². The highest BCUT2D eigenvalue weighted by molar-refractivity contribution is 7.89. The van der Waals surface area contributed by atoms with Crippen LogP contribution in [0.25, 0.3) is 0 Å². The van der Waals surface area contributed by atoms with Gasteiger partial charge in [0, 0.05) is 37.1 Å². The first-order chi connectivity index (χ1) is 16.1. The molecule has 0 radical (unpaired) electrons. The summed E-state index contributed by atoms with van der Waals surface area (Å²) in [6, 6.07) is 3.40. The molecule has 2 aromatic rings. The van der Waals surface area contributed by atoms with Crippen LogP contribution in [0, 0.1) is 28.9 Å². The molecule has 184 valence electrons. The number of hydrogen-bond donors (Lipinski definition) is 1. The zero-order chi connectivity index (χ0) is 24.6. The van der Waals surface area contributed by atoms with Crippen LogP contribution >= 0.6 is 0 Å². The molecule has 12 heteroatoms. The van der Waals surface area contributed by atoms with Gasteiger partial charge in [0.25, 0.3) is 5.69 Å². The summed E-state index contributed by atoms with van der Waals surface area (Å²) in [5, 5.41) is 18.1. The Hall–Kier alpha value is -2.86. The molecule has 1 aromatic heterocycles. The van der Waals surface area contributed by atoms with Crippen molar-refractivity contribution in [1.82, 2.24) is 19.8 Å². The Kier molecular flexibility index (Phi) is 6.72. The number of non-ortho nitro benzene ring substituents is 1. The number of nitro benzene ring substituents is 1. The van der Waals surface area contributed by atoms with Crippen molar-refractivity contribution in [2.75, 3.05) is 13.1 Å². The van der Waals surface area contributed by atoms with E-state index in [2.05, 4.69) is 15.5 Å². The quantitative estimate of drug-likeness (QED) is 0.437. The van der Waals surface area contributed by atoms with Crippen molar-refractivity contribution in [2.24, 2.45) is 11.8 Å². The van der Waals surface area contributed by atoms with E-state index in [1.54, 1.807) is 6.92 Å². The average Bonchev–Trinajstić information content (AvgIpc) is 3.54. The molecular weight excluding hydrogens is 462 g/mol. The monoisotopic (exact) mass is 491 g/mol. The van der Waals surface area contributed by atoms with Crippen LogP contribution in [0.5, 0.6) is 0 Å². The molecule has 4 rings (SSSR count). The van der Waals surface area contributed by atoms with Gasteiger partial charge < -0.3 is 9.84 Å². The highest BCUT2D eigenvalue weighted by Crippen LogP contribution is 2.39. The van der Waals surface area contributed by atoms with Gasteiger partial charge in [0.2, 0.25) is 21.8 Å². The summed E-state index contributed by atoms with van der Waals surface area (Å²) in [7, 11) is -3.91. The predicted octanol–water partition coefficient (Wildman–Crippen LogP) is 3.08. The van der Waals surface area contributed by atoms with E-state index in [1.165, 1.54) is 16.4 Å². The Morgan fingerprint density at radius 1 is 1.24 bits per heavy atom. The second kappa shape index (κ2) is 9.41. The summed E-state index contributed by atoms with van der Waals surface area (Å²) in [5.41, 5.74) is 0.166. The summed E-state index contributed by atoms with van der Waals surface area (Å²) in [4.78, 5) is 27.9. The van der Waals surface area contributed by atoms with E-state index >= 15 is 0 Å². The second-order valence-corrected chi connectivity index (χ2v) is 11.3. The normalized spacial score (nSPS) is 18.7. The van der Waals surface area contributed by atoms with Gasteiger partial charge in [-0.1, -0.05) is 25.1 Å². The third-order valence-electron chi connectivity index (χ3n) is 6.46. The average molecular weight is 492 g/mol. The molecule has 0 spiro atoms. The maximum atomic E-state index is 13.1. The van der Waals surface area contributed by atoms with E-state index in [1.807, 2.05) is 13.8 Å². The molecule has 1 unspecified atom stereocenters. The summed E-state index contributed by atoms with van der Waals surface area (Å²) in [6.45, 7) is 5.84. The van der Waals surface area contributed by atoms with Crippen LogP contribution in [0.15, 0.2) is 27.6 Å².